The highest BCUT2D eigenvalue weighted by atomic mass is 19.4. The Balaban J connectivity index is 5.72. The summed E-state index contributed by atoms with van der Waals surface area (Å²) in [6.07, 6.45) is -17.4. The van der Waals surface area contributed by atoms with Crippen LogP contribution in [0.3, 0.4) is 0 Å². The summed E-state index contributed by atoms with van der Waals surface area (Å²) in [5, 5.41) is 0. The second-order valence-electron chi connectivity index (χ2n) is 5.22. The van der Waals surface area contributed by atoms with Crippen molar-refractivity contribution in [2.75, 3.05) is 0 Å². The summed E-state index contributed by atoms with van der Waals surface area (Å²) in [5.41, 5.74) is -7.34. The van der Waals surface area contributed by atoms with Crippen LogP contribution in [0.4, 0.5) is 48.3 Å². The maximum Gasteiger partial charge on any atom is 0.438 e. The van der Waals surface area contributed by atoms with Crippen LogP contribution in [0, 0.1) is 5.92 Å². The van der Waals surface area contributed by atoms with E-state index in [0.717, 1.165) is 0 Å². The van der Waals surface area contributed by atoms with Gasteiger partial charge in [0.1, 0.15) is 0 Å². The normalized spacial score (nSPS) is 15.5. The first kappa shape index (κ1) is 21.2. The van der Waals surface area contributed by atoms with Gasteiger partial charge in [-0.1, -0.05) is 20.3 Å². The topological polar surface area (TPSA) is 0 Å². The summed E-state index contributed by atoms with van der Waals surface area (Å²) in [7, 11) is 0. The zero-order valence-electron chi connectivity index (χ0n) is 11.4. The Morgan fingerprint density at radius 3 is 1.32 bits per heavy atom. The SMILES string of the molecule is CC(C)CCCC(F)(F)C(F)(F)C(F)(C(F)(F)F)C(F)(F)F. The van der Waals surface area contributed by atoms with Gasteiger partial charge in [0.15, 0.2) is 0 Å². The fraction of sp³-hybridized carbons (Fsp3) is 1.00. The van der Waals surface area contributed by atoms with Crippen LogP contribution in [0.5, 0.6) is 0 Å². The van der Waals surface area contributed by atoms with E-state index in [0.29, 0.717) is 0 Å². The second kappa shape index (κ2) is 6.03. The Bertz CT molecular complexity index is 349. The number of alkyl halides is 11. The van der Waals surface area contributed by atoms with Crippen LogP contribution in [0.25, 0.3) is 0 Å². The molecule has 0 saturated carbocycles. The van der Waals surface area contributed by atoms with Crippen molar-refractivity contribution in [1.82, 2.24) is 0 Å². The van der Waals surface area contributed by atoms with Crippen molar-refractivity contribution >= 4 is 0 Å². The van der Waals surface area contributed by atoms with Crippen molar-refractivity contribution in [3.63, 3.8) is 0 Å². The van der Waals surface area contributed by atoms with Gasteiger partial charge in [0.2, 0.25) is 0 Å². The predicted molar refractivity (Wildman–Crippen MR) is 54.5 cm³/mol. The van der Waals surface area contributed by atoms with Gasteiger partial charge in [-0.2, -0.15) is 43.9 Å². The summed E-state index contributed by atoms with van der Waals surface area (Å²) in [5.74, 6) is -13.1. The predicted octanol–water partition coefficient (Wildman–Crippen LogP) is 5.92. The standard InChI is InChI=1S/C11H13F11/c1-6(2)4-3-5-7(12,13)9(15,16)8(14,10(17,18)19)11(20,21)22/h6H,3-5H2,1-2H3. The minimum atomic E-state index is -7.34. The molecule has 0 aromatic carbocycles. The summed E-state index contributed by atoms with van der Waals surface area (Å²) < 4.78 is 139. The maximum atomic E-state index is 13.2. The first-order chi connectivity index (χ1) is 9.42. The van der Waals surface area contributed by atoms with Gasteiger partial charge in [0.25, 0.3) is 0 Å². The number of rotatable bonds is 6. The third kappa shape index (κ3) is 3.58. The molecule has 0 saturated heterocycles. The quantitative estimate of drug-likeness (QED) is 0.520. The van der Waals surface area contributed by atoms with Gasteiger partial charge in [0, 0.05) is 6.42 Å². The van der Waals surface area contributed by atoms with E-state index in [9.17, 15) is 48.3 Å². The molecule has 0 spiro atoms. The largest absolute Gasteiger partial charge is 0.438 e. The Kier molecular flexibility index (Phi) is 5.82. The van der Waals surface area contributed by atoms with Crippen LogP contribution in [0.15, 0.2) is 0 Å². The molecule has 0 heterocycles. The molecular formula is C11H13F11. The van der Waals surface area contributed by atoms with E-state index in [1.165, 1.54) is 13.8 Å². The van der Waals surface area contributed by atoms with Crippen LogP contribution in [0.1, 0.15) is 33.1 Å². The lowest BCUT2D eigenvalue weighted by Crippen LogP contribution is -2.70. The molecule has 0 aliphatic carbocycles. The van der Waals surface area contributed by atoms with E-state index in [-0.39, 0.29) is 12.3 Å². The highest BCUT2D eigenvalue weighted by Gasteiger charge is 2.89. The van der Waals surface area contributed by atoms with Crippen molar-refractivity contribution < 1.29 is 48.3 Å². The summed E-state index contributed by atoms with van der Waals surface area (Å²) in [4.78, 5) is 0. The van der Waals surface area contributed by atoms with Crippen LogP contribution in [-0.2, 0) is 0 Å². The fourth-order valence-electron chi connectivity index (χ4n) is 1.66. The van der Waals surface area contributed by atoms with E-state index in [2.05, 4.69) is 0 Å². The lowest BCUT2D eigenvalue weighted by molar-refractivity contribution is -0.427. The van der Waals surface area contributed by atoms with Crippen LogP contribution in [-0.4, -0.2) is 29.9 Å². The average Bonchev–Trinajstić information content (AvgIpc) is 2.23. The molecule has 134 valence electrons. The Morgan fingerprint density at radius 1 is 0.682 bits per heavy atom. The molecule has 0 atom stereocenters. The number of halogens is 11. The number of hydrogen-bond donors (Lipinski definition) is 0. The van der Waals surface area contributed by atoms with Gasteiger partial charge in [-0.3, -0.25) is 0 Å². The van der Waals surface area contributed by atoms with Gasteiger partial charge in [-0.15, -0.1) is 0 Å². The number of hydrogen-bond acceptors (Lipinski definition) is 0. The molecule has 0 aromatic rings. The third-order valence-electron chi connectivity index (χ3n) is 2.95. The molecule has 0 aliphatic heterocycles. The average molecular weight is 354 g/mol. The molecule has 0 unspecified atom stereocenters. The molecule has 0 N–H and O–H groups in total. The molecule has 0 aliphatic rings. The van der Waals surface area contributed by atoms with Gasteiger partial charge < -0.3 is 0 Å². The summed E-state index contributed by atoms with van der Waals surface area (Å²) in [6, 6.07) is 0. The van der Waals surface area contributed by atoms with Crippen molar-refractivity contribution in [2.24, 2.45) is 5.92 Å². The van der Waals surface area contributed by atoms with E-state index in [1.807, 2.05) is 0 Å². The van der Waals surface area contributed by atoms with E-state index in [4.69, 9.17) is 0 Å². The minimum absolute atomic E-state index is 0.150. The van der Waals surface area contributed by atoms with Crippen LogP contribution >= 0.6 is 0 Å². The Labute approximate surface area is 118 Å². The maximum absolute atomic E-state index is 13.2. The van der Waals surface area contributed by atoms with Crippen molar-refractivity contribution in [2.45, 2.75) is 63.0 Å². The molecule has 0 aromatic heterocycles. The van der Waals surface area contributed by atoms with Gasteiger partial charge in [0.05, 0.1) is 0 Å². The molecule has 0 nitrogen and oxygen atoms in total. The highest BCUT2D eigenvalue weighted by Crippen LogP contribution is 2.59. The highest BCUT2D eigenvalue weighted by molar-refractivity contribution is 5.10. The molecule has 11 heteroatoms. The van der Waals surface area contributed by atoms with E-state index in [1.54, 1.807) is 0 Å². The lowest BCUT2D eigenvalue weighted by atomic mass is 9.88. The molecule has 0 fully saturated rings. The third-order valence-corrected chi connectivity index (χ3v) is 2.95. The fourth-order valence-corrected chi connectivity index (χ4v) is 1.66. The van der Waals surface area contributed by atoms with Crippen molar-refractivity contribution in [3.8, 4) is 0 Å². The molecule has 0 radical (unpaired) electrons. The zero-order chi connectivity index (χ0) is 18.2. The monoisotopic (exact) mass is 354 g/mol. The van der Waals surface area contributed by atoms with E-state index >= 15 is 0 Å². The van der Waals surface area contributed by atoms with Gasteiger partial charge in [-0.05, 0) is 12.3 Å². The first-order valence-corrected chi connectivity index (χ1v) is 6.00. The van der Waals surface area contributed by atoms with Gasteiger partial charge >= 0.3 is 29.9 Å². The summed E-state index contributed by atoms with van der Waals surface area (Å²) >= 11 is 0. The van der Waals surface area contributed by atoms with E-state index < -0.39 is 42.7 Å². The zero-order valence-corrected chi connectivity index (χ0v) is 11.4. The molecular weight excluding hydrogens is 341 g/mol. The molecule has 0 bridgehead atoms. The second-order valence-corrected chi connectivity index (χ2v) is 5.22. The Hall–Kier alpha value is -0.770. The lowest BCUT2D eigenvalue weighted by Gasteiger charge is -2.39. The van der Waals surface area contributed by atoms with Crippen molar-refractivity contribution in [3.05, 3.63) is 0 Å². The van der Waals surface area contributed by atoms with Crippen LogP contribution < -0.4 is 0 Å². The van der Waals surface area contributed by atoms with Gasteiger partial charge in [-0.25, -0.2) is 4.39 Å². The van der Waals surface area contributed by atoms with Crippen LogP contribution in [0.2, 0.25) is 0 Å². The van der Waals surface area contributed by atoms with Crippen molar-refractivity contribution in [1.29, 1.82) is 0 Å². The summed E-state index contributed by atoms with van der Waals surface area (Å²) in [6.45, 7) is 2.95. The molecule has 0 amide bonds. The smallest absolute Gasteiger partial charge is 0.216 e. The molecule has 0 rings (SSSR count). The molecule has 22 heavy (non-hydrogen) atoms. The Morgan fingerprint density at radius 2 is 1.05 bits per heavy atom. The minimum Gasteiger partial charge on any atom is -0.216 e. The first-order valence-electron chi connectivity index (χ1n) is 6.00.